The van der Waals surface area contributed by atoms with E-state index >= 15 is 0 Å². The fourth-order valence-electron chi connectivity index (χ4n) is 3.24. The molecule has 3 heterocycles. The first-order chi connectivity index (χ1) is 13.8. The number of fused-ring (bicyclic) bond motifs is 2. The van der Waals surface area contributed by atoms with Crippen LogP contribution in [-0.4, -0.2) is 16.1 Å². The summed E-state index contributed by atoms with van der Waals surface area (Å²) in [5, 5.41) is 5.97. The van der Waals surface area contributed by atoms with Crippen LogP contribution in [0.5, 0.6) is 0 Å². The quantitative estimate of drug-likeness (QED) is 0.446. The first-order valence-electron chi connectivity index (χ1n) is 8.91. The molecule has 0 unspecified atom stereocenters. The molecule has 6 nitrogen and oxygen atoms in total. The van der Waals surface area contributed by atoms with Crippen LogP contribution in [0, 0.1) is 0 Å². The summed E-state index contributed by atoms with van der Waals surface area (Å²) in [4.78, 5) is 15.4. The molecular weight excluding hydrogens is 356 g/mol. The summed E-state index contributed by atoms with van der Waals surface area (Å²) in [7, 11) is 0. The van der Waals surface area contributed by atoms with Gasteiger partial charge in [-0.1, -0.05) is 41.6 Å². The van der Waals surface area contributed by atoms with Crippen molar-refractivity contribution in [2.24, 2.45) is 0 Å². The number of benzene rings is 2. The van der Waals surface area contributed by atoms with Crippen molar-refractivity contribution in [3.63, 3.8) is 0 Å². The predicted molar refractivity (Wildman–Crippen MR) is 104 cm³/mol. The summed E-state index contributed by atoms with van der Waals surface area (Å²) < 4.78 is 16.4. The molecule has 1 N–H and O–H groups in total. The van der Waals surface area contributed by atoms with Crippen LogP contribution >= 0.6 is 0 Å². The Hall–Kier alpha value is -3.80. The number of hydrogen-bond acceptors (Lipinski definition) is 5. The number of hydrogen-bond donors (Lipinski definition) is 1. The maximum absolute atomic E-state index is 12.2. The lowest BCUT2D eigenvalue weighted by atomic mass is 10.1. The van der Waals surface area contributed by atoms with Crippen molar-refractivity contribution in [2.45, 2.75) is 13.0 Å². The number of carbonyl (C=O) groups is 1. The SMILES string of the molecule is O=C(Cc1c[nH]c2ccccc12)OCc1cc(-c2cc3ccccc3o2)on1. The summed E-state index contributed by atoms with van der Waals surface area (Å²) in [6.07, 6.45) is 2.03. The predicted octanol–water partition coefficient (Wildman–Crippen LogP) is 4.86. The Balaban J connectivity index is 1.25. The second kappa shape index (κ2) is 6.74. The number of nitrogens with zero attached hydrogens (tertiary/aromatic N) is 1. The second-order valence-corrected chi connectivity index (χ2v) is 6.53. The third-order valence-corrected chi connectivity index (χ3v) is 4.62. The number of rotatable bonds is 5. The molecule has 28 heavy (non-hydrogen) atoms. The molecule has 0 aliphatic carbocycles. The van der Waals surface area contributed by atoms with Gasteiger partial charge in [0.05, 0.1) is 6.42 Å². The summed E-state index contributed by atoms with van der Waals surface area (Å²) in [5.74, 6) is 0.766. The van der Waals surface area contributed by atoms with E-state index in [-0.39, 0.29) is 19.0 Å². The van der Waals surface area contributed by atoms with Crippen LogP contribution in [0.3, 0.4) is 0 Å². The van der Waals surface area contributed by atoms with Crippen LogP contribution in [0.1, 0.15) is 11.3 Å². The molecule has 0 bridgehead atoms. The minimum absolute atomic E-state index is 0.0465. The Morgan fingerprint density at radius 2 is 1.89 bits per heavy atom. The topological polar surface area (TPSA) is 81.3 Å². The average Bonchev–Trinajstić information content (AvgIpc) is 3.44. The standard InChI is InChI=1S/C22H16N2O4/c25-22(10-15-12-23-18-7-3-2-6-17(15)18)26-13-16-11-21(28-24-16)20-9-14-5-1-4-8-19(14)27-20/h1-9,11-12,23H,10,13H2. The number of aromatic nitrogens is 2. The number of esters is 1. The van der Waals surface area contributed by atoms with Gasteiger partial charge in [-0.2, -0.15) is 0 Å². The Labute approximate surface area is 159 Å². The molecule has 2 aromatic carbocycles. The van der Waals surface area contributed by atoms with Gasteiger partial charge in [0.25, 0.3) is 0 Å². The highest BCUT2D eigenvalue weighted by atomic mass is 16.5. The van der Waals surface area contributed by atoms with Crippen LogP contribution < -0.4 is 0 Å². The van der Waals surface area contributed by atoms with Crippen molar-refractivity contribution in [2.75, 3.05) is 0 Å². The zero-order valence-electron chi connectivity index (χ0n) is 14.8. The van der Waals surface area contributed by atoms with Crippen molar-refractivity contribution in [3.05, 3.63) is 78.1 Å². The molecule has 0 saturated heterocycles. The number of furan rings is 1. The molecule has 5 aromatic rings. The van der Waals surface area contributed by atoms with Crippen LogP contribution in [0.2, 0.25) is 0 Å². The highest BCUT2D eigenvalue weighted by Gasteiger charge is 2.14. The smallest absolute Gasteiger partial charge is 0.310 e. The first kappa shape index (κ1) is 16.4. The summed E-state index contributed by atoms with van der Waals surface area (Å²) in [6, 6.07) is 19.2. The minimum Gasteiger partial charge on any atom is -0.459 e. The lowest BCUT2D eigenvalue weighted by Gasteiger charge is -2.01. The molecule has 5 rings (SSSR count). The molecule has 6 heteroatoms. The van der Waals surface area contributed by atoms with Gasteiger partial charge in [-0.05, 0) is 23.8 Å². The first-order valence-corrected chi connectivity index (χ1v) is 8.91. The van der Waals surface area contributed by atoms with E-state index in [1.165, 1.54) is 0 Å². The number of nitrogens with one attached hydrogen (secondary N) is 1. The largest absolute Gasteiger partial charge is 0.459 e. The van der Waals surface area contributed by atoms with E-state index in [1.54, 1.807) is 6.07 Å². The number of para-hydroxylation sites is 2. The maximum Gasteiger partial charge on any atom is 0.310 e. The van der Waals surface area contributed by atoms with Gasteiger partial charge >= 0.3 is 5.97 Å². The maximum atomic E-state index is 12.2. The fraction of sp³-hybridized carbons (Fsp3) is 0.0909. The second-order valence-electron chi connectivity index (χ2n) is 6.53. The lowest BCUT2D eigenvalue weighted by molar-refractivity contribution is -0.144. The van der Waals surface area contributed by atoms with Gasteiger partial charge in [-0.25, -0.2) is 0 Å². The monoisotopic (exact) mass is 372 g/mol. The van der Waals surface area contributed by atoms with Gasteiger partial charge in [0.1, 0.15) is 17.9 Å². The molecule has 0 saturated carbocycles. The van der Waals surface area contributed by atoms with E-state index in [1.807, 2.05) is 60.8 Å². The number of ether oxygens (including phenoxy) is 1. The molecule has 0 fully saturated rings. The van der Waals surface area contributed by atoms with Crippen molar-refractivity contribution in [3.8, 4) is 11.5 Å². The van der Waals surface area contributed by atoms with E-state index in [4.69, 9.17) is 13.7 Å². The third-order valence-electron chi connectivity index (χ3n) is 4.62. The lowest BCUT2D eigenvalue weighted by Crippen LogP contribution is -2.07. The van der Waals surface area contributed by atoms with E-state index in [0.29, 0.717) is 17.2 Å². The minimum atomic E-state index is -0.321. The number of aromatic amines is 1. The van der Waals surface area contributed by atoms with E-state index in [2.05, 4.69) is 10.1 Å². The van der Waals surface area contributed by atoms with Gasteiger partial charge in [-0.15, -0.1) is 0 Å². The molecule has 138 valence electrons. The van der Waals surface area contributed by atoms with Crippen molar-refractivity contribution in [1.29, 1.82) is 0 Å². The molecule has 0 radical (unpaired) electrons. The van der Waals surface area contributed by atoms with Gasteiger partial charge in [0.15, 0.2) is 5.76 Å². The highest BCUT2D eigenvalue weighted by Crippen LogP contribution is 2.28. The summed E-state index contributed by atoms with van der Waals surface area (Å²) >= 11 is 0. The van der Waals surface area contributed by atoms with E-state index in [0.717, 1.165) is 27.4 Å². The average molecular weight is 372 g/mol. The van der Waals surface area contributed by atoms with Crippen molar-refractivity contribution in [1.82, 2.24) is 10.1 Å². The van der Waals surface area contributed by atoms with Gasteiger partial charge in [-0.3, -0.25) is 4.79 Å². The normalized spacial score (nSPS) is 11.3. The van der Waals surface area contributed by atoms with Gasteiger partial charge < -0.3 is 18.7 Å². The van der Waals surface area contributed by atoms with E-state index in [9.17, 15) is 4.79 Å². The molecule has 0 spiro atoms. The molecule has 0 atom stereocenters. The van der Waals surface area contributed by atoms with Gasteiger partial charge in [0, 0.05) is 28.6 Å². The van der Waals surface area contributed by atoms with Crippen molar-refractivity contribution >= 4 is 27.8 Å². The Bertz CT molecular complexity index is 1240. The molecule has 3 aromatic heterocycles. The fourth-order valence-corrected chi connectivity index (χ4v) is 3.24. The number of carbonyl (C=O) groups excluding carboxylic acids is 1. The van der Waals surface area contributed by atoms with Crippen LogP contribution in [0.15, 0.2) is 75.8 Å². The number of H-pyrrole nitrogens is 1. The Morgan fingerprint density at radius 1 is 1.04 bits per heavy atom. The van der Waals surface area contributed by atoms with E-state index < -0.39 is 0 Å². The van der Waals surface area contributed by atoms with Gasteiger partial charge in [0.2, 0.25) is 5.76 Å². The third kappa shape index (κ3) is 3.05. The zero-order valence-corrected chi connectivity index (χ0v) is 14.8. The zero-order chi connectivity index (χ0) is 18.9. The molecule has 0 aliphatic heterocycles. The highest BCUT2D eigenvalue weighted by molar-refractivity contribution is 5.87. The Kier molecular flexibility index (Phi) is 3.94. The summed E-state index contributed by atoms with van der Waals surface area (Å²) in [6.45, 7) is 0.0465. The van der Waals surface area contributed by atoms with Crippen LogP contribution in [0.4, 0.5) is 0 Å². The van der Waals surface area contributed by atoms with Crippen LogP contribution in [0.25, 0.3) is 33.4 Å². The molecular formula is C22H16N2O4. The van der Waals surface area contributed by atoms with Crippen molar-refractivity contribution < 1.29 is 18.5 Å². The molecule has 0 amide bonds. The van der Waals surface area contributed by atoms with Crippen LogP contribution in [-0.2, 0) is 22.6 Å². The molecule has 0 aliphatic rings. The Morgan fingerprint density at radius 3 is 2.82 bits per heavy atom. The summed E-state index contributed by atoms with van der Waals surface area (Å²) in [5.41, 5.74) is 3.21.